The summed E-state index contributed by atoms with van der Waals surface area (Å²) >= 11 is 0. The lowest BCUT2D eigenvalue weighted by Crippen LogP contribution is -2.43. The average Bonchev–Trinajstić information content (AvgIpc) is 2.98. The molecular weight excluding hydrogens is 308 g/mol. The first-order chi connectivity index (χ1) is 11.6. The first-order valence-corrected chi connectivity index (χ1v) is 8.42. The number of hydrogen-bond acceptors (Lipinski definition) is 5. The van der Waals surface area contributed by atoms with Crippen molar-refractivity contribution in [2.45, 2.75) is 45.1 Å². The van der Waals surface area contributed by atoms with Crippen LogP contribution in [0.1, 0.15) is 38.3 Å². The Hall–Kier alpha value is -2.37. The second-order valence-electron chi connectivity index (χ2n) is 6.40. The van der Waals surface area contributed by atoms with E-state index in [-0.39, 0.29) is 25.0 Å². The number of carbonyl (C=O) groups excluding carboxylic acids is 2. The summed E-state index contributed by atoms with van der Waals surface area (Å²) in [4.78, 5) is 23.9. The molecule has 1 heterocycles. The fourth-order valence-electron chi connectivity index (χ4n) is 3.18. The van der Waals surface area contributed by atoms with Crippen LogP contribution in [0, 0.1) is 5.92 Å². The Balaban J connectivity index is 1.47. The molecule has 0 unspecified atom stereocenters. The largest absolute Gasteiger partial charge is 0.455 e. The Morgan fingerprint density at radius 3 is 2.92 bits per heavy atom. The highest BCUT2D eigenvalue weighted by molar-refractivity contribution is 5.85. The number of carbonyl (C=O) groups is 2. The zero-order valence-electron chi connectivity index (χ0n) is 13.8. The van der Waals surface area contributed by atoms with Gasteiger partial charge in [-0.05, 0) is 30.9 Å². The summed E-state index contributed by atoms with van der Waals surface area (Å²) in [5, 5.41) is 7.64. The second kappa shape index (κ2) is 7.47. The number of rotatable bonds is 5. The molecule has 0 aliphatic heterocycles. The molecule has 3 rings (SSSR count). The Morgan fingerprint density at radius 2 is 2.08 bits per heavy atom. The number of ether oxygens (including phenoxy) is 1. The van der Waals surface area contributed by atoms with Crippen LogP contribution < -0.4 is 5.32 Å². The SMILES string of the molecule is C[C@H]1CCCC[C@@H]1NC(=O)COC(=O)Cc1noc2ccccc12. The van der Waals surface area contributed by atoms with Crippen LogP contribution in [0.2, 0.25) is 0 Å². The number of para-hydroxylation sites is 1. The van der Waals surface area contributed by atoms with E-state index in [4.69, 9.17) is 9.26 Å². The van der Waals surface area contributed by atoms with Gasteiger partial charge in [0.2, 0.25) is 0 Å². The van der Waals surface area contributed by atoms with Crippen molar-refractivity contribution in [3.63, 3.8) is 0 Å². The minimum absolute atomic E-state index is 0.00980. The van der Waals surface area contributed by atoms with Gasteiger partial charge in [-0.15, -0.1) is 0 Å². The van der Waals surface area contributed by atoms with Crippen molar-refractivity contribution >= 4 is 22.8 Å². The van der Waals surface area contributed by atoms with Crippen LogP contribution in [0.25, 0.3) is 11.0 Å². The molecule has 1 N–H and O–H groups in total. The minimum atomic E-state index is -0.485. The molecule has 0 bridgehead atoms. The fraction of sp³-hybridized carbons (Fsp3) is 0.500. The molecule has 1 aliphatic rings. The molecule has 0 spiro atoms. The molecule has 24 heavy (non-hydrogen) atoms. The van der Waals surface area contributed by atoms with Gasteiger partial charge in [0.25, 0.3) is 5.91 Å². The van der Waals surface area contributed by atoms with Crippen molar-refractivity contribution in [1.29, 1.82) is 0 Å². The summed E-state index contributed by atoms with van der Waals surface area (Å²) in [6.07, 6.45) is 4.46. The monoisotopic (exact) mass is 330 g/mol. The molecule has 0 saturated heterocycles. The lowest BCUT2D eigenvalue weighted by Gasteiger charge is -2.29. The summed E-state index contributed by atoms with van der Waals surface area (Å²) in [6, 6.07) is 7.51. The molecule has 1 aromatic heterocycles. The third-order valence-electron chi connectivity index (χ3n) is 4.59. The van der Waals surface area contributed by atoms with Gasteiger partial charge in [0.15, 0.2) is 12.2 Å². The van der Waals surface area contributed by atoms with Crippen molar-refractivity contribution in [3.8, 4) is 0 Å². The maximum Gasteiger partial charge on any atom is 0.312 e. The Bertz CT molecular complexity index is 725. The highest BCUT2D eigenvalue weighted by Gasteiger charge is 2.23. The smallest absolute Gasteiger partial charge is 0.312 e. The number of aromatic nitrogens is 1. The van der Waals surface area contributed by atoms with E-state index >= 15 is 0 Å². The normalized spacial score (nSPS) is 20.7. The summed E-state index contributed by atoms with van der Waals surface area (Å²) in [5.41, 5.74) is 1.15. The van der Waals surface area contributed by atoms with Gasteiger partial charge >= 0.3 is 5.97 Å². The van der Waals surface area contributed by atoms with E-state index in [0.29, 0.717) is 17.2 Å². The molecule has 1 fully saturated rings. The summed E-state index contributed by atoms with van der Waals surface area (Å²) < 4.78 is 10.2. The van der Waals surface area contributed by atoms with Gasteiger partial charge in [-0.2, -0.15) is 0 Å². The molecule has 2 atom stereocenters. The zero-order chi connectivity index (χ0) is 16.9. The Kier molecular flexibility index (Phi) is 5.13. The second-order valence-corrected chi connectivity index (χ2v) is 6.40. The van der Waals surface area contributed by atoms with E-state index in [1.165, 1.54) is 6.42 Å². The van der Waals surface area contributed by atoms with Gasteiger partial charge in [-0.25, -0.2) is 0 Å². The van der Waals surface area contributed by atoms with Crippen molar-refractivity contribution in [2.75, 3.05) is 6.61 Å². The van der Waals surface area contributed by atoms with E-state index in [1.807, 2.05) is 18.2 Å². The standard InChI is InChI=1S/C18H22N2O4/c1-12-6-2-4-8-14(12)19-17(21)11-23-18(22)10-15-13-7-3-5-9-16(13)24-20-15/h3,5,7,9,12,14H,2,4,6,8,10-11H2,1H3,(H,19,21)/t12-,14-/m0/s1. The average molecular weight is 330 g/mol. The Labute approximate surface area is 140 Å². The fourth-order valence-corrected chi connectivity index (χ4v) is 3.18. The molecule has 0 radical (unpaired) electrons. The number of fused-ring (bicyclic) bond motifs is 1. The lowest BCUT2D eigenvalue weighted by atomic mass is 9.86. The predicted octanol–water partition coefficient (Wildman–Crippen LogP) is 2.61. The van der Waals surface area contributed by atoms with Gasteiger partial charge in [0, 0.05) is 11.4 Å². The van der Waals surface area contributed by atoms with Gasteiger partial charge in [-0.1, -0.05) is 37.1 Å². The molecule has 1 aliphatic carbocycles. The van der Waals surface area contributed by atoms with E-state index in [9.17, 15) is 9.59 Å². The molecular formula is C18H22N2O4. The van der Waals surface area contributed by atoms with E-state index in [2.05, 4.69) is 17.4 Å². The van der Waals surface area contributed by atoms with Crippen LogP contribution in [0.5, 0.6) is 0 Å². The van der Waals surface area contributed by atoms with Crippen LogP contribution >= 0.6 is 0 Å². The van der Waals surface area contributed by atoms with Crippen LogP contribution in [0.3, 0.4) is 0 Å². The summed E-state index contributed by atoms with van der Waals surface area (Å²) in [7, 11) is 0. The summed E-state index contributed by atoms with van der Waals surface area (Å²) in [6.45, 7) is 1.89. The van der Waals surface area contributed by atoms with Crippen molar-refractivity contribution < 1.29 is 18.8 Å². The first-order valence-electron chi connectivity index (χ1n) is 8.42. The molecule has 6 nitrogen and oxygen atoms in total. The number of esters is 1. The van der Waals surface area contributed by atoms with Crippen molar-refractivity contribution in [2.24, 2.45) is 5.92 Å². The molecule has 128 valence electrons. The highest BCUT2D eigenvalue weighted by Crippen LogP contribution is 2.23. The number of nitrogens with one attached hydrogen (secondary N) is 1. The molecule has 1 aromatic carbocycles. The van der Waals surface area contributed by atoms with Gasteiger partial charge in [0.1, 0.15) is 5.69 Å². The maximum atomic E-state index is 12.0. The van der Waals surface area contributed by atoms with Gasteiger partial charge in [-0.3, -0.25) is 9.59 Å². The number of hydrogen-bond donors (Lipinski definition) is 1. The van der Waals surface area contributed by atoms with Gasteiger partial charge < -0.3 is 14.6 Å². The minimum Gasteiger partial charge on any atom is -0.455 e. The lowest BCUT2D eigenvalue weighted by molar-refractivity contribution is -0.148. The number of amides is 1. The van der Waals surface area contributed by atoms with Crippen LogP contribution in [-0.4, -0.2) is 29.7 Å². The van der Waals surface area contributed by atoms with E-state index in [0.717, 1.165) is 24.6 Å². The van der Waals surface area contributed by atoms with Crippen LogP contribution in [-0.2, 0) is 20.7 Å². The summed E-state index contributed by atoms with van der Waals surface area (Å²) in [5.74, 6) is -0.257. The van der Waals surface area contributed by atoms with Crippen LogP contribution in [0.15, 0.2) is 28.8 Å². The molecule has 1 saturated carbocycles. The van der Waals surface area contributed by atoms with Gasteiger partial charge in [0.05, 0.1) is 6.42 Å². The molecule has 2 aromatic rings. The quantitative estimate of drug-likeness (QED) is 0.852. The predicted molar refractivity (Wildman–Crippen MR) is 88.2 cm³/mol. The zero-order valence-corrected chi connectivity index (χ0v) is 13.8. The highest BCUT2D eigenvalue weighted by atomic mass is 16.5. The molecule has 1 amide bonds. The van der Waals surface area contributed by atoms with Crippen molar-refractivity contribution in [3.05, 3.63) is 30.0 Å². The number of benzene rings is 1. The van der Waals surface area contributed by atoms with Crippen molar-refractivity contribution in [1.82, 2.24) is 10.5 Å². The van der Waals surface area contributed by atoms with Crippen LogP contribution in [0.4, 0.5) is 0 Å². The third-order valence-corrected chi connectivity index (χ3v) is 4.59. The molecule has 6 heteroatoms. The topological polar surface area (TPSA) is 81.4 Å². The first kappa shape index (κ1) is 16.5. The maximum absolute atomic E-state index is 12.0. The third kappa shape index (κ3) is 3.93. The van der Waals surface area contributed by atoms with E-state index < -0.39 is 5.97 Å². The number of nitrogens with zero attached hydrogens (tertiary/aromatic N) is 1. The van der Waals surface area contributed by atoms with E-state index in [1.54, 1.807) is 6.07 Å². The Morgan fingerprint density at radius 1 is 1.29 bits per heavy atom.